The van der Waals surface area contributed by atoms with E-state index in [4.69, 9.17) is 5.11 Å². The number of carboxylic acids is 1. The SMILES string of the molecule is CC1CC(CC(=O)NCC(=O)O)CC(C)(C)C1. The monoisotopic (exact) mass is 241 g/mol. The molecular weight excluding hydrogens is 218 g/mol. The second-order valence-electron chi connectivity index (χ2n) is 6.15. The Morgan fingerprint density at radius 3 is 2.53 bits per heavy atom. The van der Waals surface area contributed by atoms with E-state index in [0.717, 1.165) is 12.8 Å². The summed E-state index contributed by atoms with van der Waals surface area (Å²) >= 11 is 0. The Morgan fingerprint density at radius 1 is 1.35 bits per heavy atom. The molecule has 1 amide bonds. The Bertz CT molecular complexity index is 299. The Labute approximate surface area is 103 Å². The summed E-state index contributed by atoms with van der Waals surface area (Å²) in [6.45, 7) is 6.43. The van der Waals surface area contributed by atoms with Crippen LogP contribution in [0.2, 0.25) is 0 Å². The number of carboxylic acid groups (broad SMARTS) is 1. The number of carbonyl (C=O) groups excluding carboxylic acids is 1. The molecule has 0 aromatic carbocycles. The molecule has 98 valence electrons. The first-order valence-electron chi connectivity index (χ1n) is 6.27. The van der Waals surface area contributed by atoms with Gasteiger partial charge >= 0.3 is 5.97 Å². The van der Waals surface area contributed by atoms with E-state index >= 15 is 0 Å². The highest BCUT2D eigenvalue weighted by Crippen LogP contribution is 2.42. The zero-order chi connectivity index (χ0) is 13.1. The molecule has 0 spiro atoms. The van der Waals surface area contributed by atoms with Gasteiger partial charge in [0.2, 0.25) is 5.91 Å². The van der Waals surface area contributed by atoms with Gasteiger partial charge in [0.1, 0.15) is 6.54 Å². The minimum atomic E-state index is -0.990. The second kappa shape index (κ2) is 5.52. The number of rotatable bonds is 4. The van der Waals surface area contributed by atoms with E-state index in [9.17, 15) is 9.59 Å². The molecule has 1 aliphatic carbocycles. The molecule has 2 N–H and O–H groups in total. The lowest BCUT2D eigenvalue weighted by atomic mass is 9.67. The second-order valence-corrected chi connectivity index (χ2v) is 6.15. The zero-order valence-corrected chi connectivity index (χ0v) is 11.0. The molecule has 2 unspecified atom stereocenters. The molecule has 0 saturated heterocycles. The van der Waals surface area contributed by atoms with E-state index in [1.165, 1.54) is 6.42 Å². The Kier molecular flexibility index (Phi) is 4.54. The van der Waals surface area contributed by atoms with Gasteiger partial charge in [-0.2, -0.15) is 0 Å². The van der Waals surface area contributed by atoms with Crippen molar-refractivity contribution in [3.05, 3.63) is 0 Å². The smallest absolute Gasteiger partial charge is 0.322 e. The molecule has 0 bridgehead atoms. The van der Waals surface area contributed by atoms with Gasteiger partial charge in [0.05, 0.1) is 0 Å². The quantitative estimate of drug-likeness (QED) is 0.791. The largest absolute Gasteiger partial charge is 0.480 e. The lowest BCUT2D eigenvalue weighted by molar-refractivity contribution is -0.138. The fourth-order valence-electron chi connectivity index (χ4n) is 3.21. The van der Waals surface area contributed by atoms with Crippen LogP contribution in [0.3, 0.4) is 0 Å². The highest BCUT2D eigenvalue weighted by Gasteiger charge is 2.32. The molecule has 1 saturated carbocycles. The third-order valence-electron chi connectivity index (χ3n) is 3.39. The molecule has 1 rings (SSSR count). The van der Waals surface area contributed by atoms with Gasteiger partial charge in [0.25, 0.3) is 0 Å². The minimum absolute atomic E-state index is 0.137. The first-order valence-corrected chi connectivity index (χ1v) is 6.27. The average molecular weight is 241 g/mol. The van der Waals surface area contributed by atoms with E-state index in [1.54, 1.807) is 0 Å². The number of nitrogens with one attached hydrogen (secondary N) is 1. The normalized spacial score (nSPS) is 27.5. The van der Waals surface area contributed by atoms with Crippen LogP contribution in [0, 0.1) is 17.3 Å². The van der Waals surface area contributed by atoms with Crippen LogP contribution >= 0.6 is 0 Å². The lowest BCUT2D eigenvalue weighted by Gasteiger charge is -2.38. The molecule has 1 aliphatic rings. The van der Waals surface area contributed by atoms with Crippen molar-refractivity contribution in [1.29, 1.82) is 0 Å². The maximum atomic E-state index is 11.6. The van der Waals surface area contributed by atoms with Gasteiger partial charge in [0.15, 0.2) is 0 Å². The fourth-order valence-corrected chi connectivity index (χ4v) is 3.21. The first-order chi connectivity index (χ1) is 7.78. The van der Waals surface area contributed by atoms with E-state index < -0.39 is 5.97 Å². The van der Waals surface area contributed by atoms with E-state index in [1.807, 2.05) is 0 Å². The van der Waals surface area contributed by atoms with Gasteiger partial charge in [-0.1, -0.05) is 20.8 Å². The Morgan fingerprint density at radius 2 is 2.00 bits per heavy atom. The third-order valence-corrected chi connectivity index (χ3v) is 3.39. The molecular formula is C13H23NO3. The fraction of sp³-hybridized carbons (Fsp3) is 0.846. The zero-order valence-electron chi connectivity index (χ0n) is 11.0. The van der Waals surface area contributed by atoms with Crippen LogP contribution in [0.1, 0.15) is 46.5 Å². The summed E-state index contributed by atoms with van der Waals surface area (Å²) in [5.74, 6) is -0.0865. The summed E-state index contributed by atoms with van der Waals surface area (Å²) in [6, 6.07) is 0. The van der Waals surface area contributed by atoms with Crippen molar-refractivity contribution < 1.29 is 14.7 Å². The summed E-state index contributed by atoms with van der Waals surface area (Å²) in [6.07, 6.45) is 3.79. The molecule has 2 atom stereocenters. The van der Waals surface area contributed by atoms with Crippen LogP contribution in [0.4, 0.5) is 0 Å². The number of hydrogen-bond acceptors (Lipinski definition) is 2. The maximum absolute atomic E-state index is 11.6. The first kappa shape index (κ1) is 14.0. The van der Waals surface area contributed by atoms with Gasteiger partial charge in [-0.25, -0.2) is 0 Å². The summed E-state index contributed by atoms with van der Waals surface area (Å²) in [5, 5.41) is 10.9. The molecule has 0 aromatic heterocycles. The maximum Gasteiger partial charge on any atom is 0.322 e. The predicted molar refractivity (Wildman–Crippen MR) is 65.5 cm³/mol. The summed E-state index contributed by atoms with van der Waals surface area (Å²) in [4.78, 5) is 21.9. The van der Waals surface area contributed by atoms with Crippen LogP contribution in [0.15, 0.2) is 0 Å². The molecule has 4 heteroatoms. The average Bonchev–Trinajstić information content (AvgIpc) is 2.11. The van der Waals surface area contributed by atoms with E-state index in [2.05, 4.69) is 26.1 Å². The minimum Gasteiger partial charge on any atom is -0.480 e. The van der Waals surface area contributed by atoms with Crippen LogP contribution in [0.25, 0.3) is 0 Å². The highest BCUT2D eigenvalue weighted by molar-refractivity contribution is 5.81. The van der Waals surface area contributed by atoms with Crippen molar-refractivity contribution in [2.75, 3.05) is 6.54 Å². The molecule has 4 nitrogen and oxygen atoms in total. The molecule has 0 aliphatic heterocycles. The van der Waals surface area contributed by atoms with Crippen molar-refractivity contribution >= 4 is 11.9 Å². The van der Waals surface area contributed by atoms with Gasteiger partial charge in [0, 0.05) is 6.42 Å². The highest BCUT2D eigenvalue weighted by atomic mass is 16.4. The molecule has 17 heavy (non-hydrogen) atoms. The van der Waals surface area contributed by atoms with Gasteiger partial charge in [-0.15, -0.1) is 0 Å². The summed E-state index contributed by atoms with van der Waals surface area (Å²) in [5.41, 5.74) is 0.301. The van der Waals surface area contributed by atoms with E-state index in [-0.39, 0.29) is 12.5 Å². The van der Waals surface area contributed by atoms with Crippen LogP contribution < -0.4 is 5.32 Å². The number of amides is 1. The Hall–Kier alpha value is -1.06. The third kappa shape index (κ3) is 5.20. The van der Waals surface area contributed by atoms with Crippen molar-refractivity contribution in [1.82, 2.24) is 5.32 Å². The van der Waals surface area contributed by atoms with Gasteiger partial charge in [-0.3, -0.25) is 9.59 Å². The van der Waals surface area contributed by atoms with Crippen LogP contribution in [-0.4, -0.2) is 23.5 Å². The van der Waals surface area contributed by atoms with Crippen molar-refractivity contribution in [3.8, 4) is 0 Å². The predicted octanol–water partition coefficient (Wildman–Crippen LogP) is 2.04. The molecule has 0 aromatic rings. The topological polar surface area (TPSA) is 66.4 Å². The number of hydrogen-bond donors (Lipinski definition) is 2. The van der Waals surface area contributed by atoms with E-state index in [0.29, 0.717) is 23.7 Å². The lowest BCUT2D eigenvalue weighted by Crippen LogP contribution is -2.34. The van der Waals surface area contributed by atoms with Crippen LogP contribution in [-0.2, 0) is 9.59 Å². The molecule has 1 fully saturated rings. The summed E-state index contributed by atoms with van der Waals surface area (Å²) in [7, 11) is 0. The standard InChI is InChI=1S/C13H23NO3/c1-9-4-10(7-13(2,3)6-9)5-11(15)14-8-12(16)17/h9-10H,4-8H2,1-3H3,(H,14,15)(H,16,17). The van der Waals surface area contributed by atoms with Crippen molar-refractivity contribution in [2.45, 2.75) is 46.5 Å². The van der Waals surface area contributed by atoms with Crippen molar-refractivity contribution in [2.24, 2.45) is 17.3 Å². The van der Waals surface area contributed by atoms with Gasteiger partial charge in [-0.05, 0) is 36.5 Å². The number of carbonyl (C=O) groups is 2. The van der Waals surface area contributed by atoms with Crippen LogP contribution in [0.5, 0.6) is 0 Å². The molecule has 0 radical (unpaired) electrons. The van der Waals surface area contributed by atoms with Crippen molar-refractivity contribution in [3.63, 3.8) is 0 Å². The number of aliphatic carboxylic acids is 1. The summed E-state index contributed by atoms with van der Waals surface area (Å²) < 4.78 is 0. The van der Waals surface area contributed by atoms with Gasteiger partial charge < -0.3 is 10.4 Å². The Balaban J connectivity index is 2.40. The molecule has 0 heterocycles.